The Kier molecular flexibility index (Phi) is 3.68. The predicted octanol–water partition coefficient (Wildman–Crippen LogP) is 4.75. The molecule has 1 fully saturated rings. The molecule has 2 aromatic carbocycles. The number of carbonyl (C=O) groups excluding carboxylic acids is 1. The summed E-state index contributed by atoms with van der Waals surface area (Å²) < 4.78 is 0. The highest BCUT2D eigenvalue weighted by molar-refractivity contribution is 6.10. The van der Waals surface area contributed by atoms with Crippen LogP contribution in [0.4, 0.5) is 0 Å². The van der Waals surface area contributed by atoms with Crippen molar-refractivity contribution in [3.8, 4) is 0 Å². The van der Waals surface area contributed by atoms with E-state index in [0.29, 0.717) is 5.92 Å². The van der Waals surface area contributed by atoms with Crippen molar-refractivity contribution in [2.45, 2.75) is 38.5 Å². The summed E-state index contributed by atoms with van der Waals surface area (Å²) in [5, 5.41) is 0. The van der Waals surface area contributed by atoms with Crippen LogP contribution in [0.5, 0.6) is 0 Å². The van der Waals surface area contributed by atoms with Gasteiger partial charge in [0.2, 0.25) is 0 Å². The fourth-order valence-corrected chi connectivity index (χ4v) is 2.88. The Morgan fingerprint density at radius 1 is 1.10 bits per heavy atom. The van der Waals surface area contributed by atoms with E-state index < -0.39 is 0 Å². The van der Waals surface area contributed by atoms with Crippen LogP contribution in [0.1, 0.15) is 59.2 Å². The van der Waals surface area contributed by atoms with Gasteiger partial charge in [0.05, 0.1) is 0 Å². The Labute approximate surface area is 120 Å². The zero-order chi connectivity index (χ0) is 13.9. The maximum absolute atomic E-state index is 12.7. The first-order chi connectivity index (χ1) is 9.79. The lowest BCUT2D eigenvalue weighted by atomic mass is 9.79. The summed E-state index contributed by atoms with van der Waals surface area (Å²) in [6, 6.07) is 16.2. The number of benzene rings is 2. The van der Waals surface area contributed by atoms with Crippen LogP contribution in [-0.4, -0.2) is 5.78 Å². The minimum atomic E-state index is 0.156. The average molecular weight is 264 g/mol. The molecule has 0 aromatic heterocycles. The Morgan fingerprint density at radius 3 is 2.60 bits per heavy atom. The van der Waals surface area contributed by atoms with Crippen molar-refractivity contribution < 1.29 is 4.79 Å². The van der Waals surface area contributed by atoms with E-state index in [1.807, 2.05) is 36.4 Å². The molecule has 1 nitrogen and oxygen atoms in total. The molecule has 1 heteroatoms. The fourth-order valence-electron chi connectivity index (χ4n) is 2.88. The molecule has 0 atom stereocenters. The summed E-state index contributed by atoms with van der Waals surface area (Å²) in [6.07, 6.45) is 4.75. The number of carbonyl (C=O) groups is 1. The Morgan fingerprint density at radius 2 is 1.90 bits per heavy atom. The molecule has 0 heterocycles. The third-order valence-electron chi connectivity index (χ3n) is 4.37. The fraction of sp³-hybridized carbons (Fsp3) is 0.316. The van der Waals surface area contributed by atoms with Crippen LogP contribution in [0.3, 0.4) is 0 Å². The first-order valence-electron chi connectivity index (χ1n) is 7.52. The van der Waals surface area contributed by atoms with E-state index in [1.54, 1.807) is 0 Å². The van der Waals surface area contributed by atoms with E-state index in [4.69, 9.17) is 0 Å². The molecule has 1 aliphatic rings. The molecule has 0 bridgehead atoms. The van der Waals surface area contributed by atoms with Crippen LogP contribution < -0.4 is 0 Å². The second-order valence-corrected chi connectivity index (χ2v) is 5.59. The monoisotopic (exact) mass is 264 g/mol. The molecule has 0 aliphatic heterocycles. The lowest BCUT2D eigenvalue weighted by Crippen LogP contribution is -2.10. The van der Waals surface area contributed by atoms with E-state index in [0.717, 1.165) is 23.1 Å². The topological polar surface area (TPSA) is 17.1 Å². The molecule has 0 spiro atoms. The van der Waals surface area contributed by atoms with Gasteiger partial charge >= 0.3 is 0 Å². The van der Waals surface area contributed by atoms with Crippen LogP contribution in [-0.2, 0) is 6.42 Å². The maximum atomic E-state index is 12.7. The van der Waals surface area contributed by atoms with Gasteiger partial charge in [-0.05, 0) is 42.4 Å². The van der Waals surface area contributed by atoms with Gasteiger partial charge in [-0.2, -0.15) is 0 Å². The smallest absolute Gasteiger partial charge is 0.193 e. The standard InChI is InChI=1S/C19H20O/c1-2-14-7-3-4-12-18(14)19(20)17-11-6-10-16(13-17)15-8-5-9-15/h3-4,6-7,10-13,15H,2,5,8-9H2,1H3. The number of hydrogen-bond donors (Lipinski definition) is 0. The average Bonchev–Trinajstić information content (AvgIpc) is 2.45. The summed E-state index contributed by atoms with van der Waals surface area (Å²) >= 11 is 0. The molecule has 1 aliphatic carbocycles. The normalized spacial score (nSPS) is 14.8. The van der Waals surface area contributed by atoms with Gasteiger partial charge in [0, 0.05) is 11.1 Å². The molecular formula is C19H20O. The highest BCUT2D eigenvalue weighted by Gasteiger charge is 2.20. The van der Waals surface area contributed by atoms with E-state index in [1.165, 1.54) is 24.8 Å². The zero-order valence-electron chi connectivity index (χ0n) is 11.9. The van der Waals surface area contributed by atoms with Crippen molar-refractivity contribution in [1.82, 2.24) is 0 Å². The predicted molar refractivity (Wildman–Crippen MR) is 82.3 cm³/mol. The van der Waals surface area contributed by atoms with Crippen molar-refractivity contribution in [3.63, 3.8) is 0 Å². The van der Waals surface area contributed by atoms with Gasteiger partial charge in [-0.15, -0.1) is 0 Å². The minimum Gasteiger partial charge on any atom is -0.289 e. The highest BCUT2D eigenvalue weighted by Crippen LogP contribution is 2.36. The molecule has 102 valence electrons. The summed E-state index contributed by atoms with van der Waals surface area (Å²) in [6.45, 7) is 2.09. The minimum absolute atomic E-state index is 0.156. The quantitative estimate of drug-likeness (QED) is 0.728. The molecule has 3 rings (SSSR count). The largest absolute Gasteiger partial charge is 0.289 e. The van der Waals surface area contributed by atoms with Gasteiger partial charge in [-0.1, -0.05) is 55.8 Å². The molecule has 0 N–H and O–H groups in total. The van der Waals surface area contributed by atoms with Gasteiger partial charge in [0.1, 0.15) is 0 Å². The molecule has 0 unspecified atom stereocenters. The van der Waals surface area contributed by atoms with E-state index >= 15 is 0 Å². The molecule has 0 saturated heterocycles. The van der Waals surface area contributed by atoms with Crippen molar-refractivity contribution in [2.24, 2.45) is 0 Å². The SMILES string of the molecule is CCc1ccccc1C(=O)c1cccc(C2CCC2)c1. The van der Waals surface area contributed by atoms with E-state index in [9.17, 15) is 4.79 Å². The summed E-state index contributed by atoms with van der Waals surface area (Å²) in [7, 11) is 0. The number of ketones is 1. The highest BCUT2D eigenvalue weighted by atomic mass is 16.1. The molecule has 0 amide bonds. The zero-order valence-corrected chi connectivity index (χ0v) is 11.9. The molecular weight excluding hydrogens is 244 g/mol. The van der Waals surface area contributed by atoms with Crippen molar-refractivity contribution >= 4 is 5.78 Å². The number of rotatable bonds is 4. The lowest BCUT2D eigenvalue weighted by Gasteiger charge is -2.26. The molecule has 2 aromatic rings. The van der Waals surface area contributed by atoms with Gasteiger partial charge in [0.25, 0.3) is 0 Å². The third-order valence-corrected chi connectivity index (χ3v) is 4.37. The second-order valence-electron chi connectivity index (χ2n) is 5.59. The van der Waals surface area contributed by atoms with Gasteiger partial charge < -0.3 is 0 Å². The number of aryl methyl sites for hydroxylation is 1. The van der Waals surface area contributed by atoms with Crippen molar-refractivity contribution in [2.75, 3.05) is 0 Å². The summed E-state index contributed by atoms with van der Waals surface area (Å²) in [4.78, 5) is 12.7. The third kappa shape index (κ3) is 2.40. The molecule has 1 saturated carbocycles. The molecule has 20 heavy (non-hydrogen) atoms. The summed E-state index contributed by atoms with van der Waals surface area (Å²) in [5.41, 5.74) is 4.14. The van der Waals surface area contributed by atoms with Crippen molar-refractivity contribution in [3.05, 3.63) is 70.8 Å². The van der Waals surface area contributed by atoms with Crippen LogP contribution >= 0.6 is 0 Å². The Bertz CT molecular complexity index is 623. The van der Waals surface area contributed by atoms with Crippen LogP contribution in [0, 0.1) is 0 Å². The first kappa shape index (κ1) is 13.1. The second kappa shape index (κ2) is 5.62. The van der Waals surface area contributed by atoms with Crippen molar-refractivity contribution in [1.29, 1.82) is 0 Å². The van der Waals surface area contributed by atoms with E-state index in [-0.39, 0.29) is 5.78 Å². The van der Waals surface area contributed by atoms with Crippen LogP contribution in [0.25, 0.3) is 0 Å². The number of hydrogen-bond acceptors (Lipinski definition) is 1. The van der Waals surface area contributed by atoms with Gasteiger partial charge in [0.15, 0.2) is 5.78 Å². The summed E-state index contributed by atoms with van der Waals surface area (Å²) in [5.74, 6) is 0.827. The first-order valence-corrected chi connectivity index (χ1v) is 7.52. The Hall–Kier alpha value is -1.89. The Balaban J connectivity index is 1.93. The maximum Gasteiger partial charge on any atom is 0.193 e. The van der Waals surface area contributed by atoms with E-state index in [2.05, 4.69) is 19.1 Å². The van der Waals surface area contributed by atoms with Crippen LogP contribution in [0.15, 0.2) is 48.5 Å². The molecule has 0 radical (unpaired) electrons. The van der Waals surface area contributed by atoms with Gasteiger partial charge in [-0.25, -0.2) is 0 Å². The van der Waals surface area contributed by atoms with Gasteiger partial charge in [-0.3, -0.25) is 4.79 Å². The van der Waals surface area contributed by atoms with Crippen LogP contribution in [0.2, 0.25) is 0 Å². The lowest BCUT2D eigenvalue weighted by molar-refractivity contribution is 0.103.